The number of nitrogen functional groups attached to an aromatic ring is 1. The van der Waals surface area contributed by atoms with E-state index in [1.807, 2.05) is 13.0 Å². The molecule has 0 aromatic heterocycles. The topological polar surface area (TPSA) is 171 Å². The molecule has 0 unspecified atom stereocenters. The SMILES string of the molecule is CCc1ccc(-c2ccccc2C(=O)O)c(C(=O)Nc2ccc(C(=N)N)cc2)c1.CS(=O)(=O)O. The Balaban J connectivity index is 0.000000739. The number of hydrogen-bond acceptors (Lipinski definition) is 5. The summed E-state index contributed by atoms with van der Waals surface area (Å²) in [6.45, 7) is 1.99. The van der Waals surface area contributed by atoms with Crippen LogP contribution in [0.2, 0.25) is 0 Å². The van der Waals surface area contributed by atoms with Gasteiger partial charge in [-0.25, -0.2) is 4.79 Å². The first-order valence-electron chi connectivity index (χ1n) is 10.0. The molecule has 0 fully saturated rings. The fraction of sp³-hybridized carbons (Fsp3) is 0.125. The summed E-state index contributed by atoms with van der Waals surface area (Å²) >= 11 is 0. The number of amides is 1. The van der Waals surface area contributed by atoms with Crippen molar-refractivity contribution in [3.63, 3.8) is 0 Å². The van der Waals surface area contributed by atoms with Crippen LogP contribution in [0, 0.1) is 5.41 Å². The molecule has 34 heavy (non-hydrogen) atoms. The molecule has 0 bridgehead atoms. The summed E-state index contributed by atoms with van der Waals surface area (Å²) in [5, 5.41) is 19.8. The maximum atomic E-state index is 13.1. The Hall–Kier alpha value is -4.02. The van der Waals surface area contributed by atoms with E-state index >= 15 is 0 Å². The van der Waals surface area contributed by atoms with E-state index in [-0.39, 0.29) is 17.3 Å². The Labute approximate surface area is 197 Å². The third kappa shape index (κ3) is 7.54. The van der Waals surface area contributed by atoms with Gasteiger partial charge in [0.25, 0.3) is 16.0 Å². The fourth-order valence-corrected chi connectivity index (χ4v) is 3.07. The van der Waals surface area contributed by atoms with E-state index in [9.17, 15) is 23.1 Å². The molecule has 0 atom stereocenters. The van der Waals surface area contributed by atoms with Crippen LogP contribution >= 0.6 is 0 Å². The molecule has 10 heteroatoms. The summed E-state index contributed by atoms with van der Waals surface area (Å²) in [5.41, 5.74) is 9.12. The second-order valence-electron chi connectivity index (χ2n) is 7.26. The van der Waals surface area contributed by atoms with Gasteiger partial charge < -0.3 is 16.2 Å². The van der Waals surface area contributed by atoms with E-state index in [0.29, 0.717) is 34.2 Å². The van der Waals surface area contributed by atoms with Crippen LogP contribution in [0.4, 0.5) is 5.69 Å². The van der Waals surface area contributed by atoms with E-state index in [0.717, 1.165) is 12.0 Å². The zero-order valence-corrected chi connectivity index (χ0v) is 19.4. The summed E-state index contributed by atoms with van der Waals surface area (Å²) in [6.07, 6.45) is 1.46. The predicted molar refractivity (Wildman–Crippen MR) is 131 cm³/mol. The third-order valence-electron chi connectivity index (χ3n) is 4.64. The maximum absolute atomic E-state index is 13.1. The molecule has 3 aromatic carbocycles. The Morgan fingerprint density at radius 1 is 0.971 bits per heavy atom. The zero-order chi connectivity index (χ0) is 25.5. The molecule has 0 aliphatic rings. The lowest BCUT2D eigenvalue weighted by atomic mass is 9.93. The number of nitrogens with one attached hydrogen (secondary N) is 2. The molecular formula is C24H25N3O6S. The fourth-order valence-electron chi connectivity index (χ4n) is 3.07. The van der Waals surface area contributed by atoms with Crippen LogP contribution in [0.25, 0.3) is 11.1 Å². The Morgan fingerprint density at radius 3 is 2.06 bits per heavy atom. The highest BCUT2D eigenvalue weighted by Gasteiger charge is 2.18. The molecule has 178 valence electrons. The van der Waals surface area contributed by atoms with Gasteiger partial charge in [0.2, 0.25) is 0 Å². The number of aromatic carboxylic acids is 1. The first-order valence-corrected chi connectivity index (χ1v) is 11.9. The van der Waals surface area contributed by atoms with Crippen LogP contribution in [0.3, 0.4) is 0 Å². The molecule has 6 N–H and O–H groups in total. The van der Waals surface area contributed by atoms with Crippen molar-refractivity contribution in [1.29, 1.82) is 5.41 Å². The maximum Gasteiger partial charge on any atom is 0.336 e. The second-order valence-corrected chi connectivity index (χ2v) is 8.73. The van der Waals surface area contributed by atoms with Crippen molar-refractivity contribution < 1.29 is 27.7 Å². The number of amidine groups is 1. The number of anilines is 1. The standard InChI is InChI=1S/C23H21N3O3.CH4O3S/c1-2-14-7-12-18(17-5-3-4-6-19(17)23(28)29)20(13-14)22(27)26-16-10-8-15(9-11-16)21(24)25;1-5(2,3)4/h3-13H,2H2,1H3,(H3,24,25)(H,26,27)(H,28,29);1H3,(H,2,3,4). The molecule has 9 nitrogen and oxygen atoms in total. The van der Waals surface area contributed by atoms with Crippen molar-refractivity contribution in [3.8, 4) is 11.1 Å². The smallest absolute Gasteiger partial charge is 0.336 e. The van der Waals surface area contributed by atoms with Crippen LogP contribution in [-0.2, 0) is 16.5 Å². The van der Waals surface area contributed by atoms with Gasteiger partial charge in [0, 0.05) is 16.8 Å². The van der Waals surface area contributed by atoms with E-state index in [2.05, 4.69) is 5.32 Å². The van der Waals surface area contributed by atoms with Gasteiger partial charge in [-0.15, -0.1) is 0 Å². The van der Waals surface area contributed by atoms with Gasteiger partial charge >= 0.3 is 5.97 Å². The number of carboxylic acids is 1. The molecule has 0 spiro atoms. The van der Waals surface area contributed by atoms with Gasteiger partial charge in [-0.1, -0.05) is 37.3 Å². The first-order chi connectivity index (χ1) is 15.9. The third-order valence-corrected chi connectivity index (χ3v) is 4.64. The monoisotopic (exact) mass is 483 g/mol. The molecule has 0 aliphatic carbocycles. The van der Waals surface area contributed by atoms with Crippen LogP contribution in [0.15, 0.2) is 66.7 Å². The normalized spacial score (nSPS) is 10.6. The van der Waals surface area contributed by atoms with Crippen molar-refractivity contribution in [2.45, 2.75) is 13.3 Å². The lowest BCUT2D eigenvalue weighted by Crippen LogP contribution is -2.15. The summed E-state index contributed by atoms with van der Waals surface area (Å²) in [7, 11) is -3.67. The Kier molecular flexibility index (Phi) is 8.65. The summed E-state index contributed by atoms with van der Waals surface area (Å²) in [4.78, 5) is 24.7. The molecule has 0 aliphatic heterocycles. The molecule has 0 heterocycles. The lowest BCUT2D eigenvalue weighted by Gasteiger charge is -2.14. The van der Waals surface area contributed by atoms with Crippen molar-refractivity contribution in [2.24, 2.45) is 5.73 Å². The van der Waals surface area contributed by atoms with Crippen molar-refractivity contribution >= 4 is 33.5 Å². The number of carboxylic acid groups (broad SMARTS) is 1. The summed E-state index contributed by atoms with van der Waals surface area (Å²) in [5.74, 6) is -1.44. The first kappa shape index (κ1) is 26.2. The van der Waals surface area contributed by atoms with Gasteiger partial charge in [0.15, 0.2) is 0 Å². The molecule has 0 saturated heterocycles. The highest BCUT2D eigenvalue weighted by Crippen LogP contribution is 2.29. The van der Waals surface area contributed by atoms with Gasteiger partial charge in [-0.3, -0.25) is 14.8 Å². The average Bonchev–Trinajstić information content (AvgIpc) is 2.77. The quantitative estimate of drug-likeness (QED) is 0.202. The molecule has 3 aromatic rings. The minimum absolute atomic E-state index is 0.0499. The van der Waals surface area contributed by atoms with Gasteiger partial charge in [0.1, 0.15) is 5.84 Å². The van der Waals surface area contributed by atoms with Gasteiger partial charge in [-0.05, 0) is 59.5 Å². The number of benzene rings is 3. The van der Waals surface area contributed by atoms with Crippen molar-refractivity contribution in [2.75, 3.05) is 11.6 Å². The average molecular weight is 484 g/mol. The van der Waals surface area contributed by atoms with E-state index in [4.69, 9.17) is 15.7 Å². The van der Waals surface area contributed by atoms with E-state index in [1.54, 1.807) is 54.6 Å². The van der Waals surface area contributed by atoms with Crippen LogP contribution in [-0.4, -0.2) is 42.0 Å². The number of aryl methyl sites for hydroxylation is 1. The summed E-state index contributed by atoms with van der Waals surface area (Å²) in [6, 6.07) is 18.7. The number of rotatable bonds is 6. The Morgan fingerprint density at radius 2 is 1.53 bits per heavy atom. The summed E-state index contributed by atoms with van der Waals surface area (Å²) < 4.78 is 25.9. The number of carbonyl (C=O) groups excluding carboxylic acids is 1. The van der Waals surface area contributed by atoms with Crippen LogP contribution in [0.1, 0.15) is 38.8 Å². The molecule has 1 amide bonds. The molecular weight excluding hydrogens is 458 g/mol. The lowest BCUT2D eigenvalue weighted by molar-refractivity contribution is 0.0697. The molecule has 3 rings (SSSR count). The second kappa shape index (κ2) is 11.2. The predicted octanol–water partition coefficient (Wildman–Crippen LogP) is 3.65. The molecule has 0 radical (unpaired) electrons. The highest BCUT2D eigenvalue weighted by atomic mass is 32.2. The van der Waals surface area contributed by atoms with E-state index < -0.39 is 16.1 Å². The highest BCUT2D eigenvalue weighted by molar-refractivity contribution is 7.85. The van der Waals surface area contributed by atoms with E-state index in [1.165, 1.54) is 6.07 Å². The Bertz CT molecular complexity index is 1310. The number of hydrogen-bond donors (Lipinski definition) is 5. The minimum Gasteiger partial charge on any atom is -0.478 e. The number of nitrogens with two attached hydrogens (primary N) is 1. The molecule has 0 saturated carbocycles. The van der Waals surface area contributed by atoms with Gasteiger partial charge in [-0.2, -0.15) is 8.42 Å². The van der Waals surface area contributed by atoms with Gasteiger partial charge in [0.05, 0.1) is 11.8 Å². The number of carbonyl (C=O) groups is 2. The zero-order valence-electron chi connectivity index (χ0n) is 18.6. The van der Waals surface area contributed by atoms with Crippen LogP contribution < -0.4 is 11.1 Å². The van der Waals surface area contributed by atoms with Crippen molar-refractivity contribution in [3.05, 3.63) is 89.0 Å². The largest absolute Gasteiger partial charge is 0.478 e. The van der Waals surface area contributed by atoms with Crippen LogP contribution in [0.5, 0.6) is 0 Å². The minimum atomic E-state index is -3.67. The van der Waals surface area contributed by atoms with Crippen molar-refractivity contribution in [1.82, 2.24) is 0 Å².